The Hall–Kier alpha value is -2.62. The largest absolute Gasteiger partial charge is 0.497 e. The lowest BCUT2D eigenvalue weighted by Crippen LogP contribution is -2.59. The molecule has 0 unspecified atom stereocenters. The lowest BCUT2D eigenvalue weighted by molar-refractivity contribution is 0.0936. The molecule has 0 aliphatic carbocycles. The minimum Gasteiger partial charge on any atom is -0.497 e. The van der Waals surface area contributed by atoms with E-state index in [1.165, 1.54) is 16.7 Å². The molecule has 1 aliphatic rings. The maximum atomic E-state index is 5.31. The van der Waals surface area contributed by atoms with Gasteiger partial charge in [0.2, 0.25) is 0 Å². The summed E-state index contributed by atoms with van der Waals surface area (Å²) in [6.07, 6.45) is 1.02. The fourth-order valence-electron chi connectivity index (χ4n) is 3.99. The maximum absolute atomic E-state index is 5.31. The lowest BCUT2D eigenvalue weighted by atomic mass is 9.93. The molecular formula is C25H28N2O. The summed E-state index contributed by atoms with van der Waals surface area (Å²) in [5, 5.41) is 3.71. The third-order valence-corrected chi connectivity index (χ3v) is 5.49. The van der Waals surface area contributed by atoms with Crippen molar-refractivity contribution in [3.63, 3.8) is 0 Å². The van der Waals surface area contributed by atoms with E-state index in [0.29, 0.717) is 12.1 Å². The van der Waals surface area contributed by atoms with Crippen LogP contribution >= 0.6 is 0 Å². The van der Waals surface area contributed by atoms with Gasteiger partial charge in [-0.25, -0.2) is 0 Å². The monoisotopic (exact) mass is 372 g/mol. The number of nitrogens with zero attached hydrogens (tertiary/aromatic N) is 1. The standard InChI is InChI=1S/C25H28N2O/c1-28-24-14-8-9-20(17-24)15-16-26-23-18-27(19-23)25(21-10-4-2-5-11-21)22-12-6-3-7-13-22/h2-14,17,23,25-26H,15-16,18-19H2,1H3. The van der Waals surface area contributed by atoms with E-state index < -0.39 is 0 Å². The lowest BCUT2D eigenvalue weighted by Gasteiger charge is -2.45. The summed E-state index contributed by atoms with van der Waals surface area (Å²) in [5.74, 6) is 0.931. The molecule has 3 heteroatoms. The molecule has 0 spiro atoms. The van der Waals surface area contributed by atoms with Gasteiger partial charge in [-0.05, 0) is 41.8 Å². The number of rotatable bonds is 8. The first kappa shape index (κ1) is 18.7. The van der Waals surface area contributed by atoms with Crippen LogP contribution in [0.25, 0.3) is 0 Å². The van der Waals surface area contributed by atoms with Crippen molar-refractivity contribution in [3.8, 4) is 5.75 Å². The Labute approximate surface area is 168 Å². The van der Waals surface area contributed by atoms with E-state index >= 15 is 0 Å². The highest BCUT2D eigenvalue weighted by molar-refractivity contribution is 5.32. The van der Waals surface area contributed by atoms with Gasteiger partial charge in [0.05, 0.1) is 13.2 Å². The third-order valence-electron chi connectivity index (χ3n) is 5.49. The van der Waals surface area contributed by atoms with Gasteiger partial charge in [-0.15, -0.1) is 0 Å². The zero-order valence-electron chi connectivity index (χ0n) is 16.4. The molecule has 3 aromatic carbocycles. The van der Waals surface area contributed by atoms with Crippen molar-refractivity contribution in [1.82, 2.24) is 10.2 Å². The predicted molar refractivity (Wildman–Crippen MR) is 115 cm³/mol. The second-order valence-electron chi connectivity index (χ2n) is 7.43. The Morgan fingerprint density at radius 3 is 2.14 bits per heavy atom. The number of likely N-dealkylation sites (tertiary alicyclic amines) is 1. The SMILES string of the molecule is COc1cccc(CCNC2CN(C(c3ccccc3)c3ccccc3)C2)c1. The third kappa shape index (κ3) is 4.44. The van der Waals surface area contributed by atoms with E-state index in [4.69, 9.17) is 4.74 Å². The zero-order valence-corrected chi connectivity index (χ0v) is 16.4. The molecule has 1 saturated heterocycles. The van der Waals surface area contributed by atoms with Crippen LogP contribution < -0.4 is 10.1 Å². The maximum Gasteiger partial charge on any atom is 0.119 e. The smallest absolute Gasteiger partial charge is 0.119 e. The molecule has 0 bridgehead atoms. The number of hydrogen-bond acceptors (Lipinski definition) is 3. The van der Waals surface area contributed by atoms with Crippen LogP contribution in [-0.2, 0) is 6.42 Å². The summed E-state index contributed by atoms with van der Waals surface area (Å²) >= 11 is 0. The first-order chi connectivity index (χ1) is 13.8. The van der Waals surface area contributed by atoms with Crippen molar-refractivity contribution < 1.29 is 4.74 Å². The second kappa shape index (κ2) is 9.05. The molecule has 1 aliphatic heterocycles. The minimum atomic E-state index is 0.332. The van der Waals surface area contributed by atoms with E-state index in [-0.39, 0.29) is 0 Å². The van der Waals surface area contributed by atoms with Gasteiger partial charge in [-0.2, -0.15) is 0 Å². The van der Waals surface area contributed by atoms with Gasteiger partial charge in [0.15, 0.2) is 0 Å². The average Bonchev–Trinajstić information content (AvgIpc) is 2.73. The van der Waals surface area contributed by atoms with E-state index in [1.54, 1.807) is 7.11 Å². The normalized spacial score (nSPS) is 14.8. The molecule has 1 N–H and O–H groups in total. The fraction of sp³-hybridized carbons (Fsp3) is 0.280. The molecule has 0 atom stereocenters. The van der Waals surface area contributed by atoms with E-state index in [1.807, 2.05) is 6.07 Å². The summed E-state index contributed by atoms with van der Waals surface area (Å²) in [7, 11) is 1.72. The van der Waals surface area contributed by atoms with Crippen molar-refractivity contribution in [1.29, 1.82) is 0 Å². The Morgan fingerprint density at radius 2 is 1.54 bits per heavy atom. The van der Waals surface area contributed by atoms with E-state index in [0.717, 1.165) is 31.8 Å². The molecular weight excluding hydrogens is 344 g/mol. The molecule has 144 valence electrons. The van der Waals surface area contributed by atoms with Gasteiger partial charge in [0.1, 0.15) is 5.75 Å². The topological polar surface area (TPSA) is 24.5 Å². The Kier molecular flexibility index (Phi) is 6.05. The summed E-state index contributed by atoms with van der Waals surface area (Å²) in [6.45, 7) is 3.14. The molecule has 0 saturated carbocycles. The van der Waals surface area contributed by atoms with Crippen LogP contribution in [0.5, 0.6) is 5.75 Å². The van der Waals surface area contributed by atoms with Gasteiger partial charge < -0.3 is 10.1 Å². The van der Waals surface area contributed by atoms with Gasteiger partial charge in [-0.1, -0.05) is 72.8 Å². The molecule has 1 heterocycles. The van der Waals surface area contributed by atoms with Gasteiger partial charge >= 0.3 is 0 Å². The summed E-state index contributed by atoms with van der Waals surface area (Å²) in [6, 6.07) is 30.9. The first-order valence-electron chi connectivity index (χ1n) is 10.0. The van der Waals surface area contributed by atoms with E-state index in [9.17, 15) is 0 Å². The van der Waals surface area contributed by atoms with Gasteiger partial charge in [0, 0.05) is 19.1 Å². The van der Waals surface area contributed by atoms with Crippen molar-refractivity contribution in [3.05, 3.63) is 102 Å². The predicted octanol–water partition coefficient (Wildman–Crippen LogP) is 4.30. The van der Waals surface area contributed by atoms with Crippen LogP contribution in [0.15, 0.2) is 84.9 Å². The Balaban J connectivity index is 1.33. The minimum absolute atomic E-state index is 0.332. The molecule has 0 amide bonds. The van der Waals surface area contributed by atoms with Gasteiger partial charge in [0.25, 0.3) is 0 Å². The Morgan fingerprint density at radius 1 is 0.893 bits per heavy atom. The molecule has 3 aromatic rings. The van der Waals surface area contributed by atoms with Crippen LogP contribution in [0, 0.1) is 0 Å². The summed E-state index contributed by atoms with van der Waals surface area (Å²) < 4.78 is 5.31. The quantitative estimate of drug-likeness (QED) is 0.638. The molecule has 1 fully saturated rings. The summed E-state index contributed by atoms with van der Waals surface area (Å²) in [4.78, 5) is 2.56. The molecule has 4 rings (SSSR count). The average molecular weight is 373 g/mol. The molecule has 0 radical (unpaired) electrons. The van der Waals surface area contributed by atoms with Crippen LogP contribution in [0.1, 0.15) is 22.7 Å². The number of nitrogens with one attached hydrogen (secondary N) is 1. The first-order valence-corrected chi connectivity index (χ1v) is 10.0. The highest BCUT2D eigenvalue weighted by atomic mass is 16.5. The highest BCUT2D eigenvalue weighted by Crippen LogP contribution is 2.32. The summed E-state index contributed by atoms with van der Waals surface area (Å²) in [5.41, 5.74) is 4.04. The van der Waals surface area contributed by atoms with Crippen LogP contribution in [-0.4, -0.2) is 37.7 Å². The van der Waals surface area contributed by atoms with Crippen LogP contribution in [0.2, 0.25) is 0 Å². The number of methoxy groups -OCH3 is 1. The van der Waals surface area contributed by atoms with Crippen LogP contribution in [0.3, 0.4) is 0 Å². The number of hydrogen-bond donors (Lipinski definition) is 1. The van der Waals surface area contributed by atoms with Crippen molar-refractivity contribution in [2.24, 2.45) is 0 Å². The zero-order chi connectivity index (χ0) is 19.2. The fourth-order valence-corrected chi connectivity index (χ4v) is 3.99. The van der Waals surface area contributed by atoms with Gasteiger partial charge in [-0.3, -0.25) is 4.90 Å². The second-order valence-corrected chi connectivity index (χ2v) is 7.43. The van der Waals surface area contributed by atoms with Crippen molar-refractivity contribution >= 4 is 0 Å². The Bertz CT molecular complexity index is 820. The van der Waals surface area contributed by atoms with Crippen molar-refractivity contribution in [2.75, 3.05) is 26.7 Å². The van der Waals surface area contributed by atoms with Crippen LogP contribution in [0.4, 0.5) is 0 Å². The van der Waals surface area contributed by atoms with Crippen molar-refractivity contribution in [2.45, 2.75) is 18.5 Å². The number of ether oxygens (including phenoxy) is 1. The molecule has 28 heavy (non-hydrogen) atoms. The van der Waals surface area contributed by atoms with E-state index in [2.05, 4.69) is 89.1 Å². The molecule has 3 nitrogen and oxygen atoms in total. The highest BCUT2D eigenvalue weighted by Gasteiger charge is 2.33. The number of benzene rings is 3. The molecule has 0 aromatic heterocycles.